The Hall–Kier alpha value is -0.860. The summed E-state index contributed by atoms with van der Waals surface area (Å²) in [6.45, 7) is 2.00. The molecule has 0 unspecified atom stereocenters. The number of carbonyl (C=O) groups excluding carboxylic acids is 2. The summed E-state index contributed by atoms with van der Waals surface area (Å²) in [5, 5.41) is 0. The molecule has 3 heteroatoms. The first-order valence-corrected chi connectivity index (χ1v) is 3.46. The van der Waals surface area contributed by atoms with Crippen LogP contribution in [0.5, 0.6) is 0 Å². The van der Waals surface area contributed by atoms with Crippen molar-refractivity contribution in [3.8, 4) is 0 Å². The molecule has 0 fully saturated rings. The number of hydrogen-bond donors (Lipinski definition) is 1. The van der Waals surface area contributed by atoms with Crippen LogP contribution >= 0.6 is 0 Å². The van der Waals surface area contributed by atoms with Gasteiger partial charge in [0.1, 0.15) is 5.78 Å². The van der Waals surface area contributed by atoms with Crippen molar-refractivity contribution < 1.29 is 9.59 Å². The maximum absolute atomic E-state index is 10.7. The molecule has 0 atom stereocenters. The monoisotopic (exact) mass is 143 g/mol. The Morgan fingerprint density at radius 2 is 2.00 bits per heavy atom. The second-order valence-electron chi connectivity index (χ2n) is 2.29. The normalized spacial score (nSPS) is 9.30. The predicted molar refractivity (Wildman–Crippen MR) is 38.3 cm³/mol. The zero-order valence-electron chi connectivity index (χ0n) is 6.22. The number of primary amides is 1. The number of hydrogen-bond acceptors (Lipinski definition) is 2. The van der Waals surface area contributed by atoms with Gasteiger partial charge in [-0.15, -0.1) is 0 Å². The van der Waals surface area contributed by atoms with Crippen LogP contribution in [0.1, 0.15) is 32.6 Å². The van der Waals surface area contributed by atoms with E-state index in [9.17, 15) is 9.59 Å². The van der Waals surface area contributed by atoms with Crippen molar-refractivity contribution in [3.05, 3.63) is 0 Å². The van der Waals surface area contributed by atoms with Crippen molar-refractivity contribution in [3.63, 3.8) is 0 Å². The minimum Gasteiger partial charge on any atom is -0.369 e. The molecule has 0 rings (SSSR count). The van der Waals surface area contributed by atoms with Crippen LogP contribution in [0.2, 0.25) is 0 Å². The molecular weight excluding hydrogens is 130 g/mol. The van der Waals surface area contributed by atoms with Gasteiger partial charge >= 0.3 is 0 Å². The Kier molecular flexibility index (Phi) is 4.54. The van der Waals surface area contributed by atoms with E-state index in [0.717, 1.165) is 12.8 Å². The first-order chi connectivity index (χ1) is 4.66. The molecule has 58 valence electrons. The fourth-order valence-electron chi connectivity index (χ4n) is 0.657. The minimum absolute atomic E-state index is 0.0469. The van der Waals surface area contributed by atoms with Crippen molar-refractivity contribution in [1.82, 2.24) is 0 Å². The fraction of sp³-hybridized carbons (Fsp3) is 0.714. The smallest absolute Gasteiger partial charge is 0.224 e. The number of amides is 1. The van der Waals surface area contributed by atoms with Gasteiger partial charge in [0.15, 0.2) is 0 Å². The van der Waals surface area contributed by atoms with Crippen LogP contribution in [0.3, 0.4) is 0 Å². The van der Waals surface area contributed by atoms with Gasteiger partial charge in [0.25, 0.3) is 0 Å². The summed E-state index contributed by atoms with van der Waals surface area (Å²) in [5.74, 6) is -0.574. The lowest BCUT2D eigenvalue weighted by Gasteiger charge is -1.93. The Bertz CT molecular complexity index is 132. The molecule has 0 heterocycles. The number of ketones is 1. The zero-order valence-corrected chi connectivity index (χ0v) is 6.22. The van der Waals surface area contributed by atoms with Gasteiger partial charge < -0.3 is 5.73 Å². The summed E-state index contributed by atoms with van der Waals surface area (Å²) in [5.41, 5.74) is 4.81. The summed E-state index contributed by atoms with van der Waals surface area (Å²) in [6, 6.07) is 0. The molecule has 0 aliphatic rings. The maximum atomic E-state index is 10.7. The number of unbranched alkanes of at least 4 members (excludes halogenated alkanes) is 1. The number of rotatable bonds is 5. The van der Waals surface area contributed by atoms with E-state index in [2.05, 4.69) is 0 Å². The summed E-state index contributed by atoms with van der Waals surface area (Å²) >= 11 is 0. The lowest BCUT2D eigenvalue weighted by atomic mass is 10.1. The molecule has 0 aliphatic carbocycles. The van der Waals surface area contributed by atoms with E-state index in [-0.39, 0.29) is 12.2 Å². The molecule has 0 saturated heterocycles. The second kappa shape index (κ2) is 4.97. The Labute approximate surface area is 60.6 Å². The molecule has 0 spiro atoms. The third-order valence-corrected chi connectivity index (χ3v) is 1.18. The van der Waals surface area contributed by atoms with Crippen LogP contribution in [-0.2, 0) is 9.59 Å². The Balaban J connectivity index is 3.35. The van der Waals surface area contributed by atoms with Crippen molar-refractivity contribution in [1.29, 1.82) is 0 Å². The van der Waals surface area contributed by atoms with Crippen LogP contribution in [0.4, 0.5) is 0 Å². The van der Waals surface area contributed by atoms with Gasteiger partial charge in [0.2, 0.25) is 5.91 Å². The van der Waals surface area contributed by atoms with E-state index in [1.54, 1.807) is 0 Å². The highest BCUT2D eigenvalue weighted by Gasteiger charge is 2.03. The van der Waals surface area contributed by atoms with Crippen LogP contribution in [0.25, 0.3) is 0 Å². The molecule has 0 aromatic heterocycles. The summed E-state index contributed by atoms with van der Waals surface area (Å²) < 4.78 is 0. The first kappa shape index (κ1) is 9.14. The fourth-order valence-corrected chi connectivity index (χ4v) is 0.657. The lowest BCUT2D eigenvalue weighted by molar-refractivity contribution is -0.126. The third kappa shape index (κ3) is 5.28. The quantitative estimate of drug-likeness (QED) is 0.573. The zero-order chi connectivity index (χ0) is 7.98. The summed E-state index contributed by atoms with van der Waals surface area (Å²) in [6.07, 6.45) is 2.22. The average Bonchev–Trinajstić information content (AvgIpc) is 1.82. The molecule has 0 radical (unpaired) electrons. The van der Waals surface area contributed by atoms with E-state index < -0.39 is 5.91 Å². The summed E-state index contributed by atoms with van der Waals surface area (Å²) in [4.78, 5) is 20.9. The van der Waals surface area contributed by atoms with Gasteiger partial charge in [0, 0.05) is 6.42 Å². The van der Waals surface area contributed by atoms with Crippen LogP contribution in [0.15, 0.2) is 0 Å². The topological polar surface area (TPSA) is 60.2 Å². The number of Topliss-reactive ketones (excluding diaryl/α,β-unsaturated/α-hetero) is 1. The lowest BCUT2D eigenvalue weighted by Crippen LogP contribution is -2.15. The molecule has 0 bridgehead atoms. The minimum atomic E-state index is -0.527. The second-order valence-corrected chi connectivity index (χ2v) is 2.29. The number of nitrogens with two attached hydrogens (primary N) is 1. The van der Waals surface area contributed by atoms with Crippen LogP contribution in [-0.4, -0.2) is 11.7 Å². The molecular formula is C7H13NO2. The van der Waals surface area contributed by atoms with Crippen molar-refractivity contribution in [2.24, 2.45) is 5.73 Å². The Morgan fingerprint density at radius 3 is 2.40 bits per heavy atom. The maximum Gasteiger partial charge on any atom is 0.224 e. The molecule has 0 aromatic rings. The van der Waals surface area contributed by atoms with Crippen LogP contribution in [0, 0.1) is 0 Å². The molecule has 1 amide bonds. The van der Waals surface area contributed by atoms with E-state index in [0.29, 0.717) is 6.42 Å². The van der Waals surface area contributed by atoms with Crippen molar-refractivity contribution in [2.45, 2.75) is 32.6 Å². The van der Waals surface area contributed by atoms with Crippen LogP contribution < -0.4 is 5.73 Å². The first-order valence-electron chi connectivity index (χ1n) is 3.46. The predicted octanol–water partition coefficient (Wildman–Crippen LogP) is 0.621. The van der Waals surface area contributed by atoms with E-state index >= 15 is 0 Å². The highest BCUT2D eigenvalue weighted by atomic mass is 16.2. The molecule has 0 aliphatic heterocycles. The van der Waals surface area contributed by atoms with E-state index in [1.165, 1.54) is 0 Å². The molecule has 3 nitrogen and oxygen atoms in total. The molecule has 0 aromatic carbocycles. The van der Waals surface area contributed by atoms with Crippen molar-refractivity contribution >= 4 is 11.7 Å². The van der Waals surface area contributed by atoms with Gasteiger partial charge in [-0.1, -0.05) is 13.3 Å². The molecule has 2 N–H and O–H groups in total. The largest absolute Gasteiger partial charge is 0.369 e. The highest BCUT2D eigenvalue weighted by Crippen LogP contribution is 1.97. The SMILES string of the molecule is CCCCC(=O)CC(N)=O. The standard InChI is InChI=1S/C7H13NO2/c1-2-3-4-6(9)5-7(8)10/h2-5H2,1H3,(H2,8,10). The van der Waals surface area contributed by atoms with Gasteiger partial charge in [-0.25, -0.2) is 0 Å². The Morgan fingerprint density at radius 1 is 1.40 bits per heavy atom. The van der Waals surface area contributed by atoms with Gasteiger partial charge in [-0.2, -0.15) is 0 Å². The molecule has 0 saturated carbocycles. The van der Waals surface area contributed by atoms with Crippen molar-refractivity contribution in [2.75, 3.05) is 0 Å². The molecule has 10 heavy (non-hydrogen) atoms. The van der Waals surface area contributed by atoms with Gasteiger partial charge in [0.05, 0.1) is 6.42 Å². The number of carbonyl (C=O) groups is 2. The third-order valence-electron chi connectivity index (χ3n) is 1.18. The van der Waals surface area contributed by atoms with E-state index in [1.807, 2.05) is 6.92 Å². The van der Waals surface area contributed by atoms with E-state index in [4.69, 9.17) is 5.73 Å². The average molecular weight is 143 g/mol. The highest BCUT2D eigenvalue weighted by molar-refractivity contribution is 5.97. The van der Waals surface area contributed by atoms with Gasteiger partial charge in [-0.3, -0.25) is 9.59 Å². The summed E-state index contributed by atoms with van der Waals surface area (Å²) in [7, 11) is 0. The van der Waals surface area contributed by atoms with Gasteiger partial charge in [-0.05, 0) is 6.42 Å².